The molecule has 4 rings (SSSR count). The van der Waals surface area contributed by atoms with Crippen LogP contribution < -0.4 is 5.32 Å². The van der Waals surface area contributed by atoms with E-state index in [2.05, 4.69) is 5.32 Å². The molecule has 2 saturated heterocycles. The molecule has 2 aliphatic rings. The molecule has 0 radical (unpaired) electrons. The maximum atomic E-state index is 13.7. The fraction of sp³-hybridized carbons (Fsp3) is 0.483. The molecule has 8 nitrogen and oxygen atoms in total. The minimum atomic E-state index is -4.50. The van der Waals surface area contributed by atoms with Crippen LogP contribution in [0.4, 0.5) is 18.0 Å². The van der Waals surface area contributed by atoms with Crippen LogP contribution in [0.25, 0.3) is 0 Å². The van der Waals surface area contributed by atoms with Crippen LogP contribution in [0, 0.1) is 6.92 Å². The van der Waals surface area contributed by atoms with E-state index in [1.54, 1.807) is 30.0 Å². The summed E-state index contributed by atoms with van der Waals surface area (Å²) in [5.41, 5.74) is 0.838. The lowest BCUT2D eigenvalue weighted by atomic mass is 9.99. The molecule has 4 amide bonds. The molecule has 2 aromatic rings. The highest BCUT2D eigenvalue weighted by molar-refractivity contribution is 6.30. The maximum Gasteiger partial charge on any atom is 0.416 e. The lowest BCUT2D eigenvalue weighted by Gasteiger charge is -2.52. The van der Waals surface area contributed by atoms with Crippen LogP contribution in [0.2, 0.25) is 5.02 Å². The molecule has 2 fully saturated rings. The molecule has 0 unspecified atom stereocenters. The number of carbonyl (C=O) groups is 3. The number of fused-ring (bicyclic) bond motifs is 1. The number of amides is 4. The van der Waals surface area contributed by atoms with E-state index in [0.29, 0.717) is 29.0 Å². The first-order valence-electron chi connectivity index (χ1n) is 13.5. The molecular weight excluding hydrogens is 559 g/mol. The number of halogens is 4. The molecule has 0 bridgehead atoms. The predicted octanol–water partition coefficient (Wildman–Crippen LogP) is 4.49. The van der Waals surface area contributed by atoms with Crippen LogP contribution in [0.1, 0.15) is 41.5 Å². The Labute approximate surface area is 243 Å². The van der Waals surface area contributed by atoms with Crippen LogP contribution in [0.15, 0.2) is 42.5 Å². The standard InChI is InChI=1S/C29H35ClF3N5O3/c1-19-13-21(15-22(14-19)29(31,32)33)16-34-28(41)37-12-10-26(39)38-24(5-4-11-35(2)3)27(40)36(18-25(37)38)17-20-6-8-23(30)9-7-20/h6-9,13-15,24-25H,4-5,10-12,16-18H2,1-3H3,(H,34,41)/t24-,25+/m0/s1. The van der Waals surface area contributed by atoms with Crippen LogP contribution in [0.5, 0.6) is 0 Å². The number of nitrogens with one attached hydrogen (secondary N) is 1. The maximum absolute atomic E-state index is 13.7. The molecule has 2 atom stereocenters. The molecule has 12 heteroatoms. The predicted molar refractivity (Wildman–Crippen MR) is 149 cm³/mol. The van der Waals surface area contributed by atoms with Gasteiger partial charge in [0.05, 0.1) is 12.1 Å². The molecule has 0 spiro atoms. The fourth-order valence-corrected chi connectivity index (χ4v) is 5.58. The highest BCUT2D eigenvalue weighted by Gasteiger charge is 2.48. The second-order valence-corrected chi connectivity index (χ2v) is 11.3. The van der Waals surface area contributed by atoms with Gasteiger partial charge in [-0.15, -0.1) is 0 Å². The molecular formula is C29H35ClF3N5O3. The normalized spacial score (nSPS) is 19.6. The van der Waals surface area contributed by atoms with Crippen LogP contribution in [0.3, 0.4) is 0 Å². The molecule has 2 heterocycles. The Morgan fingerprint density at radius 1 is 1.10 bits per heavy atom. The van der Waals surface area contributed by atoms with E-state index < -0.39 is 30.0 Å². The molecule has 2 aromatic carbocycles. The van der Waals surface area contributed by atoms with Gasteiger partial charge in [0.25, 0.3) is 0 Å². The van der Waals surface area contributed by atoms with Crippen molar-refractivity contribution in [3.63, 3.8) is 0 Å². The Balaban J connectivity index is 1.56. The van der Waals surface area contributed by atoms with Crippen molar-refractivity contribution in [2.45, 2.75) is 57.7 Å². The number of hydrogen-bond acceptors (Lipinski definition) is 4. The van der Waals surface area contributed by atoms with E-state index in [1.807, 2.05) is 31.1 Å². The highest BCUT2D eigenvalue weighted by atomic mass is 35.5. The summed E-state index contributed by atoms with van der Waals surface area (Å²) >= 11 is 6.03. The second-order valence-electron chi connectivity index (χ2n) is 10.9. The Morgan fingerprint density at radius 2 is 1.80 bits per heavy atom. The van der Waals surface area contributed by atoms with Gasteiger partial charge < -0.3 is 24.9 Å². The second kappa shape index (κ2) is 12.7. The van der Waals surface area contributed by atoms with Crippen molar-refractivity contribution >= 4 is 29.4 Å². The zero-order valence-corrected chi connectivity index (χ0v) is 24.1. The third kappa shape index (κ3) is 7.51. The average molecular weight is 594 g/mol. The molecule has 41 heavy (non-hydrogen) atoms. The minimum absolute atomic E-state index is 0.0568. The van der Waals surface area contributed by atoms with E-state index in [4.69, 9.17) is 11.6 Å². The quantitative estimate of drug-likeness (QED) is 0.489. The number of alkyl halides is 3. The summed E-state index contributed by atoms with van der Waals surface area (Å²) in [6, 6.07) is 9.59. The summed E-state index contributed by atoms with van der Waals surface area (Å²) in [4.78, 5) is 47.0. The number of rotatable bonds is 8. The molecule has 0 aliphatic carbocycles. The average Bonchev–Trinajstić information content (AvgIpc) is 2.89. The number of piperazine rings is 1. The lowest BCUT2D eigenvalue weighted by molar-refractivity contribution is -0.167. The van der Waals surface area contributed by atoms with Crippen molar-refractivity contribution in [3.05, 3.63) is 69.7 Å². The van der Waals surface area contributed by atoms with Gasteiger partial charge in [-0.2, -0.15) is 13.2 Å². The Morgan fingerprint density at radius 3 is 2.46 bits per heavy atom. The van der Waals surface area contributed by atoms with E-state index in [-0.39, 0.29) is 44.4 Å². The number of urea groups is 1. The van der Waals surface area contributed by atoms with E-state index >= 15 is 0 Å². The largest absolute Gasteiger partial charge is 0.416 e. The van der Waals surface area contributed by atoms with E-state index in [1.165, 1.54) is 9.80 Å². The van der Waals surface area contributed by atoms with Gasteiger partial charge in [0.1, 0.15) is 12.2 Å². The summed E-state index contributed by atoms with van der Waals surface area (Å²) in [6.45, 7) is 2.74. The molecule has 0 aromatic heterocycles. The van der Waals surface area contributed by atoms with Gasteiger partial charge in [-0.05, 0) is 75.8 Å². The van der Waals surface area contributed by atoms with Crippen molar-refractivity contribution in [2.75, 3.05) is 33.7 Å². The third-order valence-electron chi connectivity index (χ3n) is 7.39. The molecule has 0 saturated carbocycles. The van der Waals surface area contributed by atoms with Crippen LogP contribution in [-0.4, -0.2) is 83.4 Å². The molecule has 1 N–H and O–H groups in total. The van der Waals surface area contributed by atoms with Gasteiger partial charge in [-0.25, -0.2) is 4.79 Å². The van der Waals surface area contributed by atoms with Crippen molar-refractivity contribution in [2.24, 2.45) is 0 Å². The summed E-state index contributed by atoms with van der Waals surface area (Å²) in [6.07, 6.45) is -4.02. The number of hydrogen-bond donors (Lipinski definition) is 1. The minimum Gasteiger partial charge on any atom is -0.334 e. The Hall–Kier alpha value is -3.31. The number of nitrogens with zero attached hydrogens (tertiary/aromatic N) is 4. The van der Waals surface area contributed by atoms with Crippen molar-refractivity contribution < 1.29 is 27.6 Å². The van der Waals surface area contributed by atoms with Crippen molar-refractivity contribution in [3.8, 4) is 0 Å². The first kappa shape index (κ1) is 30.6. The van der Waals surface area contributed by atoms with Crippen molar-refractivity contribution in [1.82, 2.24) is 24.9 Å². The van der Waals surface area contributed by atoms with E-state index in [9.17, 15) is 27.6 Å². The van der Waals surface area contributed by atoms with Crippen molar-refractivity contribution in [1.29, 1.82) is 0 Å². The monoisotopic (exact) mass is 593 g/mol. The van der Waals surface area contributed by atoms with Gasteiger partial charge >= 0.3 is 12.2 Å². The zero-order chi connectivity index (χ0) is 29.9. The first-order valence-corrected chi connectivity index (χ1v) is 13.9. The van der Waals surface area contributed by atoms with Gasteiger partial charge in [0, 0.05) is 31.1 Å². The molecule has 2 aliphatic heterocycles. The summed E-state index contributed by atoms with van der Waals surface area (Å²) < 4.78 is 39.9. The number of carbonyl (C=O) groups excluding carboxylic acids is 3. The summed E-state index contributed by atoms with van der Waals surface area (Å²) in [7, 11) is 3.87. The number of aryl methyl sites for hydroxylation is 1. The Kier molecular flexibility index (Phi) is 9.48. The van der Waals surface area contributed by atoms with E-state index in [0.717, 1.165) is 24.2 Å². The highest BCUT2D eigenvalue weighted by Crippen LogP contribution is 2.31. The third-order valence-corrected chi connectivity index (χ3v) is 7.64. The fourth-order valence-electron chi connectivity index (χ4n) is 5.46. The molecule has 222 valence electrons. The lowest BCUT2D eigenvalue weighted by Crippen LogP contribution is -2.71. The summed E-state index contributed by atoms with van der Waals surface area (Å²) in [5, 5.41) is 3.31. The van der Waals surface area contributed by atoms with Gasteiger partial charge in [0.15, 0.2) is 0 Å². The van der Waals surface area contributed by atoms with Gasteiger partial charge in [0.2, 0.25) is 11.8 Å². The smallest absolute Gasteiger partial charge is 0.334 e. The van der Waals surface area contributed by atoms with Gasteiger partial charge in [-0.3, -0.25) is 9.59 Å². The first-order chi connectivity index (χ1) is 19.3. The SMILES string of the molecule is Cc1cc(CNC(=O)N2CCC(=O)N3[C@@H]2CN(Cc2ccc(Cl)cc2)C(=O)[C@@H]3CCCN(C)C)cc(C(F)(F)F)c1. The van der Waals surface area contributed by atoms with Crippen LogP contribution in [-0.2, 0) is 28.9 Å². The number of benzene rings is 2. The van der Waals surface area contributed by atoms with Crippen LogP contribution >= 0.6 is 11.6 Å². The van der Waals surface area contributed by atoms with Gasteiger partial charge in [-0.1, -0.05) is 35.4 Å². The topological polar surface area (TPSA) is 76.2 Å². The summed E-state index contributed by atoms with van der Waals surface area (Å²) in [5.74, 6) is -0.369. The Bertz CT molecular complexity index is 1270. The zero-order valence-electron chi connectivity index (χ0n) is 23.4.